The SMILES string of the molecule is CCC=C1C=CN(CC)C(O)=C1. The van der Waals surface area contributed by atoms with Gasteiger partial charge in [-0.3, -0.25) is 0 Å². The summed E-state index contributed by atoms with van der Waals surface area (Å²) in [6.07, 6.45) is 8.77. The van der Waals surface area contributed by atoms with Crippen LogP contribution in [-0.2, 0) is 0 Å². The summed E-state index contributed by atoms with van der Waals surface area (Å²) in [5, 5.41) is 9.46. The topological polar surface area (TPSA) is 23.5 Å². The molecular formula is C10H15NO. The van der Waals surface area contributed by atoms with E-state index in [9.17, 15) is 5.11 Å². The van der Waals surface area contributed by atoms with Gasteiger partial charge < -0.3 is 10.0 Å². The average molecular weight is 165 g/mol. The van der Waals surface area contributed by atoms with E-state index >= 15 is 0 Å². The first-order chi connectivity index (χ1) is 5.77. The lowest BCUT2D eigenvalue weighted by molar-refractivity contribution is 0.258. The predicted molar refractivity (Wildman–Crippen MR) is 50.6 cm³/mol. The summed E-state index contributed by atoms with van der Waals surface area (Å²) in [5.74, 6) is 0.333. The first kappa shape index (κ1) is 8.91. The molecule has 1 aliphatic heterocycles. The zero-order valence-corrected chi connectivity index (χ0v) is 7.62. The second kappa shape index (κ2) is 4.00. The molecule has 0 radical (unpaired) electrons. The summed E-state index contributed by atoms with van der Waals surface area (Å²) in [7, 11) is 0. The van der Waals surface area contributed by atoms with Crippen LogP contribution in [0.1, 0.15) is 20.3 Å². The molecule has 1 heterocycles. The van der Waals surface area contributed by atoms with E-state index in [2.05, 4.69) is 13.0 Å². The number of allylic oxidation sites excluding steroid dienone is 4. The Morgan fingerprint density at radius 1 is 1.50 bits per heavy atom. The standard InChI is InChI=1S/C10H15NO/c1-3-5-9-6-7-11(4-2)10(12)8-9/h5-8,12H,3-4H2,1-2H3. The molecule has 0 aromatic rings. The van der Waals surface area contributed by atoms with Gasteiger partial charge in [0.15, 0.2) is 5.88 Å². The summed E-state index contributed by atoms with van der Waals surface area (Å²) in [6.45, 7) is 4.89. The lowest BCUT2D eigenvalue weighted by Crippen LogP contribution is -2.17. The molecule has 2 nitrogen and oxygen atoms in total. The van der Waals surface area contributed by atoms with Gasteiger partial charge in [0.2, 0.25) is 0 Å². The minimum Gasteiger partial charge on any atom is -0.494 e. The fourth-order valence-electron chi connectivity index (χ4n) is 1.16. The lowest BCUT2D eigenvalue weighted by atomic mass is 10.2. The van der Waals surface area contributed by atoms with Gasteiger partial charge in [0.05, 0.1) is 0 Å². The van der Waals surface area contributed by atoms with Crippen LogP contribution in [0, 0.1) is 0 Å². The van der Waals surface area contributed by atoms with Crippen LogP contribution in [0.25, 0.3) is 0 Å². The lowest BCUT2D eigenvalue weighted by Gasteiger charge is -2.20. The molecule has 2 heteroatoms. The third kappa shape index (κ3) is 1.91. The summed E-state index contributed by atoms with van der Waals surface area (Å²) in [4.78, 5) is 1.80. The van der Waals surface area contributed by atoms with Crippen LogP contribution in [0.5, 0.6) is 0 Å². The highest BCUT2D eigenvalue weighted by molar-refractivity contribution is 5.35. The Hall–Kier alpha value is -1.18. The largest absolute Gasteiger partial charge is 0.494 e. The number of aliphatic hydroxyl groups excluding tert-OH is 1. The van der Waals surface area contributed by atoms with Crippen LogP contribution in [0.3, 0.4) is 0 Å². The fraction of sp³-hybridized carbons (Fsp3) is 0.400. The molecule has 0 atom stereocenters. The van der Waals surface area contributed by atoms with Crippen molar-refractivity contribution in [2.24, 2.45) is 0 Å². The first-order valence-corrected chi connectivity index (χ1v) is 4.33. The molecule has 0 aromatic carbocycles. The minimum absolute atomic E-state index is 0.333. The van der Waals surface area contributed by atoms with Gasteiger partial charge in [-0.2, -0.15) is 0 Å². The van der Waals surface area contributed by atoms with Gasteiger partial charge in [0, 0.05) is 18.8 Å². The van der Waals surface area contributed by atoms with Crippen molar-refractivity contribution in [3.05, 3.63) is 35.9 Å². The van der Waals surface area contributed by atoms with Crippen LogP contribution in [0.4, 0.5) is 0 Å². The fourth-order valence-corrected chi connectivity index (χ4v) is 1.16. The number of hydrogen-bond acceptors (Lipinski definition) is 2. The van der Waals surface area contributed by atoms with Crippen molar-refractivity contribution in [1.82, 2.24) is 4.90 Å². The highest BCUT2D eigenvalue weighted by atomic mass is 16.3. The highest BCUT2D eigenvalue weighted by Gasteiger charge is 2.06. The van der Waals surface area contributed by atoms with Crippen LogP contribution in [-0.4, -0.2) is 16.6 Å². The summed E-state index contributed by atoms with van der Waals surface area (Å²) in [6, 6.07) is 0. The van der Waals surface area contributed by atoms with E-state index in [0.29, 0.717) is 5.88 Å². The van der Waals surface area contributed by atoms with Crippen molar-refractivity contribution in [3.63, 3.8) is 0 Å². The van der Waals surface area contributed by atoms with Gasteiger partial charge in [-0.15, -0.1) is 0 Å². The van der Waals surface area contributed by atoms with Crippen molar-refractivity contribution >= 4 is 0 Å². The number of aliphatic hydroxyl groups is 1. The second-order valence-electron chi connectivity index (χ2n) is 2.72. The summed E-state index contributed by atoms with van der Waals surface area (Å²) in [5.41, 5.74) is 1.08. The Balaban J connectivity index is 2.74. The molecule has 0 saturated heterocycles. The first-order valence-electron chi connectivity index (χ1n) is 4.33. The molecule has 1 N–H and O–H groups in total. The van der Waals surface area contributed by atoms with Gasteiger partial charge in [0.25, 0.3) is 0 Å². The van der Waals surface area contributed by atoms with Crippen LogP contribution >= 0.6 is 0 Å². The molecule has 0 aromatic heterocycles. The van der Waals surface area contributed by atoms with E-state index in [1.807, 2.05) is 19.2 Å². The highest BCUT2D eigenvalue weighted by Crippen LogP contribution is 2.14. The molecule has 0 unspecified atom stereocenters. The number of nitrogens with zero attached hydrogens (tertiary/aromatic N) is 1. The third-order valence-corrected chi connectivity index (χ3v) is 1.82. The average Bonchev–Trinajstić information content (AvgIpc) is 2.05. The van der Waals surface area contributed by atoms with Crippen molar-refractivity contribution in [2.75, 3.05) is 6.54 Å². The Labute approximate surface area is 73.5 Å². The Bertz CT molecular complexity index is 238. The van der Waals surface area contributed by atoms with Crippen molar-refractivity contribution in [2.45, 2.75) is 20.3 Å². The van der Waals surface area contributed by atoms with Gasteiger partial charge >= 0.3 is 0 Å². The van der Waals surface area contributed by atoms with Crippen molar-refractivity contribution < 1.29 is 5.11 Å². The Kier molecular flexibility index (Phi) is 2.97. The van der Waals surface area contributed by atoms with Gasteiger partial charge in [0.1, 0.15) is 0 Å². The number of rotatable bonds is 2. The van der Waals surface area contributed by atoms with Crippen molar-refractivity contribution in [1.29, 1.82) is 0 Å². The third-order valence-electron chi connectivity index (χ3n) is 1.82. The van der Waals surface area contributed by atoms with Crippen LogP contribution < -0.4 is 0 Å². The van der Waals surface area contributed by atoms with E-state index < -0.39 is 0 Å². The molecule has 12 heavy (non-hydrogen) atoms. The van der Waals surface area contributed by atoms with Gasteiger partial charge in [-0.05, 0) is 25.0 Å². The van der Waals surface area contributed by atoms with E-state index in [-0.39, 0.29) is 0 Å². The molecule has 0 spiro atoms. The molecule has 0 fully saturated rings. The molecule has 0 bridgehead atoms. The quantitative estimate of drug-likeness (QED) is 0.679. The molecule has 0 amide bonds. The molecule has 0 aliphatic carbocycles. The zero-order chi connectivity index (χ0) is 8.97. The van der Waals surface area contributed by atoms with Gasteiger partial charge in [-0.25, -0.2) is 0 Å². The van der Waals surface area contributed by atoms with E-state index in [0.717, 1.165) is 18.5 Å². The molecular weight excluding hydrogens is 150 g/mol. The van der Waals surface area contributed by atoms with E-state index in [1.54, 1.807) is 11.0 Å². The van der Waals surface area contributed by atoms with Crippen LogP contribution in [0.2, 0.25) is 0 Å². The van der Waals surface area contributed by atoms with E-state index in [1.165, 1.54) is 0 Å². The van der Waals surface area contributed by atoms with E-state index in [4.69, 9.17) is 0 Å². The molecule has 0 saturated carbocycles. The van der Waals surface area contributed by atoms with Crippen molar-refractivity contribution in [3.8, 4) is 0 Å². The summed E-state index contributed by atoms with van der Waals surface area (Å²) >= 11 is 0. The smallest absolute Gasteiger partial charge is 0.191 e. The maximum absolute atomic E-state index is 9.46. The Morgan fingerprint density at radius 3 is 2.75 bits per heavy atom. The Morgan fingerprint density at radius 2 is 2.25 bits per heavy atom. The maximum atomic E-state index is 9.46. The monoisotopic (exact) mass is 165 g/mol. The normalized spacial score (nSPS) is 20.0. The second-order valence-corrected chi connectivity index (χ2v) is 2.72. The zero-order valence-electron chi connectivity index (χ0n) is 7.62. The molecule has 1 aliphatic rings. The minimum atomic E-state index is 0.333. The predicted octanol–water partition coefficient (Wildman–Crippen LogP) is 2.57. The molecule has 1 rings (SSSR count). The maximum Gasteiger partial charge on any atom is 0.191 e. The van der Waals surface area contributed by atoms with Gasteiger partial charge in [-0.1, -0.05) is 13.0 Å². The molecule has 66 valence electrons. The number of hydrogen-bond donors (Lipinski definition) is 1. The van der Waals surface area contributed by atoms with Crippen LogP contribution in [0.15, 0.2) is 35.9 Å². The summed E-state index contributed by atoms with van der Waals surface area (Å²) < 4.78 is 0.